The predicted molar refractivity (Wildman–Crippen MR) is 104 cm³/mol. The molecule has 0 unspecified atom stereocenters. The van der Waals surface area contributed by atoms with Crippen molar-refractivity contribution in [2.75, 3.05) is 11.9 Å². The minimum Gasteiger partial charge on any atom is -0.367 e. The Labute approximate surface area is 159 Å². The molecule has 1 fully saturated rings. The van der Waals surface area contributed by atoms with Gasteiger partial charge >= 0.3 is 0 Å². The third kappa shape index (κ3) is 5.51. The number of amides is 1. The number of nitrogens with zero attached hydrogens (tertiary/aromatic N) is 1. The Morgan fingerprint density at radius 2 is 1.81 bits per heavy atom. The van der Waals surface area contributed by atoms with Crippen molar-refractivity contribution < 1.29 is 13.2 Å². The van der Waals surface area contributed by atoms with Crippen molar-refractivity contribution in [3.8, 4) is 0 Å². The number of pyridine rings is 1. The van der Waals surface area contributed by atoms with Gasteiger partial charge in [0.15, 0.2) is 0 Å². The molecule has 1 heterocycles. The van der Waals surface area contributed by atoms with E-state index in [-0.39, 0.29) is 10.8 Å². The number of nitrogens with one attached hydrogen (secondary N) is 2. The van der Waals surface area contributed by atoms with Gasteiger partial charge in [-0.05, 0) is 49.1 Å². The number of primary sulfonamides is 1. The Balaban J connectivity index is 1.47. The number of carbonyl (C=O) groups excluding carboxylic acids is 1. The summed E-state index contributed by atoms with van der Waals surface area (Å²) in [6.07, 6.45) is 7.01. The monoisotopic (exact) mass is 388 g/mol. The topological polar surface area (TPSA) is 114 Å². The van der Waals surface area contributed by atoms with Gasteiger partial charge < -0.3 is 10.6 Å². The summed E-state index contributed by atoms with van der Waals surface area (Å²) in [5.41, 5.74) is 1.42. The fourth-order valence-corrected chi connectivity index (χ4v) is 3.68. The van der Waals surface area contributed by atoms with Crippen LogP contribution in [-0.4, -0.2) is 31.9 Å². The van der Waals surface area contributed by atoms with E-state index in [0.29, 0.717) is 24.6 Å². The van der Waals surface area contributed by atoms with Gasteiger partial charge in [-0.1, -0.05) is 25.0 Å². The molecule has 27 heavy (non-hydrogen) atoms. The molecule has 0 radical (unpaired) electrons. The van der Waals surface area contributed by atoms with E-state index < -0.39 is 10.0 Å². The van der Waals surface area contributed by atoms with Crippen molar-refractivity contribution in [1.29, 1.82) is 0 Å². The standard InChI is InChI=1S/C19H24N4O3S/c20-27(25,26)17-8-5-14(6-9-17)11-12-21-19(24)15-7-10-18(22-13-15)23-16-3-1-2-4-16/h5-10,13,16H,1-4,11-12H2,(H,21,24)(H,22,23)(H2,20,25,26). The molecule has 4 N–H and O–H groups in total. The number of anilines is 1. The number of aromatic nitrogens is 1. The average molecular weight is 388 g/mol. The second-order valence-corrected chi connectivity index (χ2v) is 8.31. The molecule has 2 aromatic rings. The zero-order valence-corrected chi connectivity index (χ0v) is 15.8. The largest absolute Gasteiger partial charge is 0.367 e. The Kier molecular flexibility index (Phi) is 6.08. The molecule has 0 bridgehead atoms. The van der Waals surface area contributed by atoms with Crippen LogP contribution in [0.3, 0.4) is 0 Å². The number of hydrogen-bond donors (Lipinski definition) is 3. The van der Waals surface area contributed by atoms with Gasteiger partial charge in [0.25, 0.3) is 5.91 Å². The van der Waals surface area contributed by atoms with Gasteiger partial charge in [-0.25, -0.2) is 18.5 Å². The highest BCUT2D eigenvalue weighted by Gasteiger charge is 2.15. The summed E-state index contributed by atoms with van der Waals surface area (Å²) < 4.78 is 22.5. The summed E-state index contributed by atoms with van der Waals surface area (Å²) in [6, 6.07) is 10.4. The van der Waals surface area contributed by atoms with Gasteiger partial charge in [-0.2, -0.15) is 0 Å². The first-order valence-electron chi connectivity index (χ1n) is 9.04. The molecule has 0 saturated heterocycles. The van der Waals surface area contributed by atoms with Crippen molar-refractivity contribution in [2.24, 2.45) is 5.14 Å². The first kappa shape index (κ1) is 19.3. The lowest BCUT2D eigenvalue weighted by Crippen LogP contribution is -2.26. The molecule has 1 aliphatic rings. The van der Waals surface area contributed by atoms with E-state index in [1.54, 1.807) is 24.4 Å². The van der Waals surface area contributed by atoms with Gasteiger partial charge in [0, 0.05) is 18.8 Å². The first-order chi connectivity index (χ1) is 12.9. The van der Waals surface area contributed by atoms with Gasteiger partial charge in [-0.15, -0.1) is 0 Å². The minimum absolute atomic E-state index is 0.0765. The van der Waals surface area contributed by atoms with Crippen molar-refractivity contribution in [3.63, 3.8) is 0 Å². The van der Waals surface area contributed by atoms with Gasteiger partial charge in [0.1, 0.15) is 5.82 Å². The predicted octanol–water partition coefficient (Wildman–Crippen LogP) is 2.06. The second kappa shape index (κ2) is 8.49. The maximum absolute atomic E-state index is 12.2. The maximum Gasteiger partial charge on any atom is 0.252 e. The van der Waals surface area contributed by atoms with Crippen LogP contribution in [0.4, 0.5) is 5.82 Å². The highest BCUT2D eigenvalue weighted by Crippen LogP contribution is 2.21. The summed E-state index contributed by atoms with van der Waals surface area (Å²) in [6.45, 7) is 0.440. The molecule has 0 atom stereocenters. The summed E-state index contributed by atoms with van der Waals surface area (Å²) in [7, 11) is -3.68. The van der Waals surface area contributed by atoms with Crippen LogP contribution in [0, 0.1) is 0 Å². The average Bonchev–Trinajstić information content (AvgIpc) is 3.15. The lowest BCUT2D eigenvalue weighted by Gasteiger charge is -2.12. The van der Waals surface area contributed by atoms with Crippen LogP contribution in [0.5, 0.6) is 0 Å². The van der Waals surface area contributed by atoms with Gasteiger partial charge in [0.05, 0.1) is 10.5 Å². The Hall–Kier alpha value is -2.45. The van der Waals surface area contributed by atoms with E-state index in [0.717, 1.165) is 11.4 Å². The molecule has 1 aliphatic carbocycles. The highest BCUT2D eigenvalue weighted by molar-refractivity contribution is 7.89. The quantitative estimate of drug-likeness (QED) is 0.672. The number of hydrogen-bond acceptors (Lipinski definition) is 5. The molecule has 8 heteroatoms. The van der Waals surface area contributed by atoms with Gasteiger partial charge in [-0.3, -0.25) is 4.79 Å². The van der Waals surface area contributed by atoms with Crippen LogP contribution < -0.4 is 15.8 Å². The normalized spacial score (nSPS) is 14.9. The molecule has 1 amide bonds. The Morgan fingerprint density at radius 3 is 2.41 bits per heavy atom. The summed E-state index contributed by atoms with van der Waals surface area (Å²) in [4.78, 5) is 16.6. The van der Waals surface area contributed by atoms with E-state index in [1.165, 1.54) is 37.8 Å². The molecule has 7 nitrogen and oxygen atoms in total. The molecule has 1 saturated carbocycles. The molecule has 144 valence electrons. The van der Waals surface area contributed by atoms with Crippen LogP contribution in [-0.2, 0) is 16.4 Å². The van der Waals surface area contributed by atoms with E-state index in [9.17, 15) is 13.2 Å². The number of sulfonamides is 1. The van der Waals surface area contributed by atoms with Crippen molar-refractivity contribution in [1.82, 2.24) is 10.3 Å². The maximum atomic E-state index is 12.2. The van der Waals surface area contributed by atoms with E-state index in [4.69, 9.17) is 5.14 Å². The van der Waals surface area contributed by atoms with Crippen LogP contribution in [0.2, 0.25) is 0 Å². The van der Waals surface area contributed by atoms with Crippen LogP contribution in [0.25, 0.3) is 0 Å². The number of carbonyl (C=O) groups is 1. The zero-order valence-electron chi connectivity index (χ0n) is 15.0. The summed E-state index contributed by atoms with van der Waals surface area (Å²) in [5.74, 6) is 0.615. The fraction of sp³-hybridized carbons (Fsp3) is 0.368. The van der Waals surface area contributed by atoms with Crippen LogP contribution >= 0.6 is 0 Å². The van der Waals surface area contributed by atoms with E-state index >= 15 is 0 Å². The molecule has 0 aliphatic heterocycles. The Morgan fingerprint density at radius 1 is 1.11 bits per heavy atom. The van der Waals surface area contributed by atoms with E-state index in [1.807, 2.05) is 6.07 Å². The molecule has 3 rings (SSSR count). The second-order valence-electron chi connectivity index (χ2n) is 6.75. The molecule has 0 spiro atoms. The number of benzene rings is 1. The summed E-state index contributed by atoms with van der Waals surface area (Å²) >= 11 is 0. The smallest absolute Gasteiger partial charge is 0.252 e. The van der Waals surface area contributed by atoms with Crippen LogP contribution in [0.1, 0.15) is 41.6 Å². The molecular formula is C19H24N4O3S. The van der Waals surface area contributed by atoms with E-state index in [2.05, 4.69) is 15.6 Å². The van der Waals surface area contributed by atoms with Crippen LogP contribution in [0.15, 0.2) is 47.5 Å². The summed E-state index contributed by atoms with van der Waals surface area (Å²) in [5, 5.41) is 11.3. The highest BCUT2D eigenvalue weighted by atomic mass is 32.2. The fourth-order valence-electron chi connectivity index (χ4n) is 3.16. The first-order valence-corrected chi connectivity index (χ1v) is 10.6. The Bertz CT molecular complexity index is 874. The lowest BCUT2D eigenvalue weighted by molar-refractivity contribution is 0.0954. The molecule has 1 aromatic carbocycles. The van der Waals surface area contributed by atoms with Crippen molar-refractivity contribution >= 4 is 21.7 Å². The third-order valence-corrected chi connectivity index (χ3v) is 5.61. The SMILES string of the molecule is NS(=O)(=O)c1ccc(CCNC(=O)c2ccc(NC3CCCC3)nc2)cc1. The third-order valence-electron chi connectivity index (χ3n) is 4.68. The van der Waals surface area contributed by atoms with Crippen molar-refractivity contribution in [2.45, 2.75) is 43.0 Å². The zero-order chi connectivity index (χ0) is 19.3. The minimum atomic E-state index is -3.68. The molecule has 1 aromatic heterocycles. The number of rotatable bonds is 7. The lowest BCUT2D eigenvalue weighted by atomic mass is 10.1. The molecular weight excluding hydrogens is 364 g/mol. The van der Waals surface area contributed by atoms with Gasteiger partial charge in [0.2, 0.25) is 10.0 Å². The number of nitrogens with two attached hydrogens (primary N) is 1. The van der Waals surface area contributed by atoms with Crippen molar-refractivity contribution in [3.05, 3.63) is 53.7 Å².